The predicted molar refractivity (Wildman–Crippen MR) is 74.8 cm³/mol. The van der Waals surface area contributed by atoms with Gasteiger partial charge in [0.05, 0.1) is 5.69 Å². The summed E-state index contributed by atoms with van der Waals surface area (Å²) in [6.45, 7) is 4.06. The lowest BCUT2D eigenvalue weighted by Crippen LogP contribution is -2.31. The third kappa shape index (κ3) is 3.29. The summed E-state index contributed by atoms with van der Waals surface area (Å²) in [4.78, 5) is 17.6. The highest BCUT2D eigenvalue weighted by molar-refractivity contribution is 7.15. The fourth-order valence-corrected chi connectivity index (χ4v) is 3.09. The number of nitrogens with two attached hydrogens (primary N) is 1. The van der Waals surface area contributed by atoms with E-state index in [-0.39, 0.29) is 11.9 Å². The van der Waals surface area contributed by atoms with E-state index in [0.717, 1.165) is 18.0 Å². The fourth-order valence-electron chi connectivity index (χ4n) is 2.03. The Hall–Kier alpha value is -0.940. The highest BCUT2D eigenvalue weighted by Crippen LogP contribution is 2.29. The summed E-state index contributed by atoms with van der Waals surface area (Å²) < 4.78 is 0. The van der Waals surface area contributed by atoms with E-state index in [2.05, 4.69) is 10.3 Å². The summed E-state index contributed by atoms with van der Waals surface area (Å²) in [5, 5.41) is 3.61. The van der Waals surface area contributed by atoms with Gasteiger partial charge in [-0.3, -0.25) is 4.79 Å². The van der Waals surface area contributed by atoms with Crippen molar-refractivity contribution in [1.82, 2.24) is 4.98 Å². The number of aryl methyl sites for hydroxylation is 2. The molecular formula is C13H21N3OS. The summed E-state index contributed by atoms with van der Waals surface area (Å²) in [6.07, 6.45) is 4.96. The molecule has 0 spiro atoms. The minimum Gasteiger partial charge on any atom is -0.327 e. The summed E-state index contributed by atoms with van der Waals surface area (Å²) in [5.74, 6) is 0.294. The van der Waals surface area contributed by atoms with E-state index in [1.165, 1.54) is 23.4 Å². The van der Waals surface area contributed by atoms with Crippen LogP contribution in [-0.2, 0) is 17.6 Å². The van der Waals surface area contributed by atoms with Crippen LogP contribution < -0.4 is 11.1 Å². The lowest BCUT2D eigenvalue weighted by atomic mass is 10.0. The van der Waals surface area contributed by atoms with Gasteiger partial charge in [0.15, 0.2) is 5.13 Å². The maximum atomic E-state index is 11.8. The third-order valence-electron chi connectivity index (χ3n) is 3.37. The van der Waals surface area contributed by atoms with Crippen molar-refractivity contribution >= 4 is 22.4 Å². The van der Waals surface area contributed by atoms with E-state index in [1.807, 2.05) is 13.8 Å². The summed E-state index contributed by atoms with van der Waals surface area (Å²) in [7, 11) is 0. The number of anilines is 1. The number of carbonyl (C=O) groups excluding carboxylic acids is 1. The molecule has 1 unspecified atom stereocenters. The molecule has 3 N–H and O–H groups in total. The number of rotatable bonds is 4. The van der Waals surface area contributed by atoms with E-state index in [1.54, 1.807) is 11.3 Å². The van der Waals surface area contributed by atoms with Crippen LogP contribution in [0.5, 0.6) is 0 Å². The third-order valence-corrected chi connectivity index (χ3v) is 4.44. The molecule has 18 heavy (non-hydrogen) atoms. The van der Waals surface area contributed by atoms with Crippen LogP contribution in [0.1, 0.15) is 43.7 Å². The fraction of sp³-hybridized carbons (Fsp3) is 0.692. The van der Waals surface area contributed by atoms with Crippen LogP contribution in [0.3, 0.4) is 0 Å². The normalized spacial score (nSPS) is 16.4. The Morgan fingerprint density at radius 2 is 2.17 bits per heavy atom. The zero-order chi connectivity index (χ0) is 13.1. The molecule has 1 aromatic heterocycles. The number of hydrogen-bond acceptors (Lipinski definition) is 4. The molecule has 0 saturated carbocycles. The van der Waals surface area contributed by atoms with Crippen LogP contribution in [0.2, 0.25) is 0 Å². The number of aromatic nitrogens is 1. The Kier molecular flexibility index (Phi) is 4.35. The summed E-state index contributed by atoms with van der Waals surface area (Å²) in [6, 6.07) is -0.0837. The highest BCUT2D eigenvalue weighted by Gasteiger charge is 2.18. The van der Waals surface area contributed by atoms with Crippen LogP contribution in [0.15, 0.2) is 0 Å². The quantitative estimate of drug-likeness (QED) is 0.879. The van der Waals surface area contributed by atoms with E-state index in [4.69, 9.17) is 5.73 Å². The average molecular weight is 267 g/mol. The van der Waals surface area contributed by atoms with Crippen molar-refractivity contribution in [3.63, 3.8) is 0 Å². The smallest absolute Gasteiger partial charge is 0.227 e. The molecule has 1 aliphatic rings. The van der Waals surface area contributed by atoms with Gasteiger partial charge in [-0.1, -0.05) is 13.8 Å². The van der Waals surface area contributed by atoms with Crippen LogP contribution >= 0.6 is 11.3 Å². The zero-order valence-electron chi connectivity index (χ0n) is 11.0. The second-order valence-corrected chi connectivity index (χ2v) is 6.34. The molecule has 1 heterocycles. The predicted octanol–water partition coefficient (Wildman–Crippen LogP) is 2.33. The molecule has 0 radical (unpaired) electrons. The number of fused-ring (bicyclic) bond motifs is 1. The van der Waals surface area contributed by atoms with Crippen LogP contribution in [0.25, 0.3) is 0 Å². The highest BCUT2D eigenvalue weighted by atomic mass is 32.1. The number of carbonyl (C=O) groups is 1. The standard InChI is InChI=1S/C13H21N3OS/c1-8(2)9(14)7-12(17)16-13-15-10-5-3-4-6-11(10)18-13/h8-9H,3-7,14H2,1-2H3,(H,15,16,17). The van der Waals surface area contributed by atoms with Crippen LogP contribution in [0.4, 0.5) is 5.13 Å². The Labute approximate surface area is 112 Å². The van der Waals surface area contributed by atoms with Crippen molar-refractivity contribution in [2.45, 2.75) is 52.0 Å². The SMILES string of the molecule is CC(C)C(N)CC(=O)Nc1nc2c(s1)CCCC2. The second kappa shape index (κ2) is 5.80. The van der Waals surface area contributed by atoms with Gasteiger partial charge in [0.2, 0.25) is 5.91 Å². The molecule has 0 bridgehead atoms. The van der Waals surface area contributed by atoms with Gasteiger partial charge in [0.25, 0.3) is 0 Å². The molecule has 2 rings (SSSR count). The first-order valence-electron chi connectivity index (χ1n) is 6.60. The van der Waals surface area contributed by atoms with Crippen LogP contribution in [0, 0.1) is 5.92 Å². The molecule has 1 aliphatic carbocycles. The van der Waals surface area contributed by atoms with Crippen molar-refractivity contribution in [1.29, 1.82) is 0 Å². The number of nitrogens with one attached hydrogen (secondary N) is 1. The van der Waals surface area contributed by atoms with Crippen molar-refractivity contribution in [2.24, 2.45) is 11.7 Å². The first-order valence-corrected chi connectivity index (χ1v) is 7.42. The van der Waals surface area contributed by atoms with Gasteiger partial charge in [-0.25, -0.2) is 4.98 Å². The summed E-state index contributed by atoms with van der Waals surface area (Å²) >= 11 is 1.62. The number of amides is 1. The molecule has 0 aromatic carbocycles. The Bertz CT molecular complexity index is 404. The molecule has 0 fully saturated rings. The lowest BCUT2D eigenvalue weighted by Gasteiger charge is -2.14. The molecule has 5 heteroatoms. The topological polar surface area (TPSA) is 68.0 Å². The molecular weight excluding hydrogens is 246 g/mol. The molecule has 1 amide bonds. The van der Waals surface area contributed by atoms with Crippen molar-refractivity contribution < 1.29 is 4.79 Å². The molecule has 0 saturated heterocycles. The van der Waals surface area contributed by atoms with Gasteiger partial charge in [0, 0.05) is 17.3 Å². The summed E-state index contributed by atoms with van der Waals surface area (Å²) in [5.41, 5.74) is 7.07. The maximum Gasteiger partial charge on any atom is 0.227 e. The van der Waals surface area contributed by atoms with Gasteiger partial charge in [0.1, 0.15) is 0 Å². The van der Waals surface area contributed by atoms with Gasteiger partial charge in [-0.15, -0.1) is 11.3 Å². The molecule has 1 atom stereocenters. The second-order valence-electron chi connectivity index (χ2n) is 5.26. The molecule has 4 nitrogen and oxygen atoms in total. The van der Waals surface area contributed by atoms with Gasteiger partial charge < -0.3 is 11.1 Å². The van der Waals surface area contributed by atoms with E-state index in [9.17, 15) is 4.79 Å². The first kappa shape index (κ1) is 13.5. The number of hydrogen-bond donors (Lipinski definition) is 2. The Morgan fingerprint density at radius 3 is 2.83 bits per heavy atom. The molecule has 1 aromatic rings. The Balaban J connectivity index is 1.93. The van der Waals surface area contributed by atoms with Crippen molar-refractivity contribution in [3.05, 3.63) is 10.6 Å². The van der Waals surface area contributed by atoms with Crippen molar-refractivity contribution in [3.8, 4) is 0 Å². The number of thiazole rings is 1. The van der Waals surface area contributed by atoms with E-state index >= 15 is 0 Å². The monoisotopic (exact) mass is 267 g/mol. The lowest BCUT2D eigenvalue weighted by molar-refractivity contribution is -0.116. The first-order chi connectivity index (χ1) is 8.56. The van der Waals surface area contributed by atoms with Gasteiger partial charge >= 0.3 is 0 Å². The van der Waals surface area contributed by atoms with E-state index < -0.39 is 0 Å². The Morgan fingerprint density at radius 1 is 1.44 bits per heavy atom. The maximum absolute atomic E-state index is 11.8. The average Bonchev–Trinajstić information content (AvgIpc) is 2.70. The van der Waals surface area contributed by atoms with Crippen LogP contribution in [-0.4, -0.2) is 16.9 Å². The minimum atomic E-state index is -0.0837. The van der Waals surface area contributed by atoms with Gasteiger partial charge in [-0.2, -0.15) is 0 Å². The molecule has 100 valence electrons. The van der Waals surface area contributed by atoms with E-state index in [0.29, 0.717) is 12.3 Å². The van der Waals surface area contributed by atoms with Gasteiger partial charge in [-0.05, 0) is 31.6 Å². The molecule has 0 aliphatic heterocycles. The van der Waals surface area contributed by atoms with Crippen molar-refractivity contribution in [2.75, 3.05) is 5.32 Å². The largest absolute Gasteiger partial charge is 0.327 e. The zero-order valence-corrected chi connectivity index (χ0v) is 11.8. The number of nitrogens with zero attached hydrogens (tertiary/aromatic N) is 1. The minimum absolute atomic E-state index is 0.0257.